The van der Waals surface area contributed by atoms with E-state index >= 15 is 0 Å². The van der Waals surface area contributed by atoms with Crippen LogP contribution in [0.25, 0.3) is 6.08 Å². The van der Waals surface area contributed by atoms with Crippen LogP contribution in [-0.4, -0.2) is 30.2 Å². The standard InChI is InChI=1S/C29H30N2O5S/c1-7-36-27(34)23-17(2)30-28-31(24(23)19-10-12-20(13-11-19)26(33)35-6)25(32)22(37-28)16-18-8-14-21(15-9-18)29(3,4)5/h8-16,24H,7H2,1-6H3. The maximum atomic E-state index is 13.7. The normalized spacial score (nSPS) is 15.7. The van der Waals surface area contributed by atoms with Crippen LogP contribution in [0.2, 0.25) is 0 Å². The number of ether oxygens (including phenoxy) is 2. The van der Waals surface area contributed by atoms with Gasteiger partial charge in [0.15, 0.2) is 4.80 Å². The third-order valence-electron chi connectivity index (χ3n) is 6.24. The zero-order chi connectivity index (χ0) is 26.9. The van der Waals surface area contributed by atoms with E-state index in [-0.39, 0.29) is 17.6 Å². The monoisotopic (exact) mass is 518 g/mol. The van der Waals surface area contributed by atoms with Gasteiger partial charge >= 0.3 is 11.9 Å². The summed E-state index contributed by atoms with van der Waals surface area (Å²) in [6, 6.07) is 14.1. The van der Waals surface area contributed by atoms with Gasteiger partial charge in [0.25, 0.3) is 5.56 Å². The molecule has 1 aliphatic heterocycles. The Morgan fingerprint density at radius 1 is 1.05 bits per heavy atom. The van der Waals surface area contributed by atoms with Crippen LogP contribution in [0, 0.1) is 0 Å². The van der Waals surface area contributed by atoms with Crippen molar-refractivity contribution < 1.29 is 19.1 Å². The number of carbonyl (C=O) groups is 2. The molecular formula is C29H30N2O5S. The van der Waals surface area contributed by atoms with E-state index in [9.17, 15) is 14.4 Å². The largest absolute Gasteiger partial charge is 0.465 e. The molecule has 8 heteroatoms. The van der Waals surface area contributed by atoms with E-state index < -0.39 is 18.0 Å². The first-order chi connectivity index (χ1) is 17.5. The second-order valence-corrected chi connectivity index (χ2v) is 10.8. The fourth-order valence-electron chi connectivity index (χ4n) is 4.26. The fraction of sp³-hybridized carbons (Fsp3) is 0.310. The van der Waals surface area contributed by atoms with Crippen molar-refractivity contribution in [2.24, 2.45) is 4.99 Å². The van der Waals surface area contributed by atoms with Crippen molar-refractivity contribution in [1.29, 1.82) is 0 Å². The van der Waals surface area contributed by atoms with Crippen molar-refractivity contribution in [3.63, 3.8) is 0 Å². The summed E-state index contributed by atoms with van der Waals surface area (Å²) in [5, 5.41) is 0. The Morgan fingerprint density at radius 2 is 1.70 bits per heavy atom. The van der Waals surface area contributed by atoms with E-state index in [4.69, 9.17) is 9.47 Å². The average molecular weight is 519 g/mol. The molecule has 4 rings (SSSR count). The van der Waals surface area contributed by atoms with Crippen molar-refractivity contribution in [2.75, 3.05) is 13.7 Å². The summed E-state index contributed by atoms with van der Waals surface area (Å²) in [6.45, 7) is 10.1. The molecule has 2 heterocycles. The van der Waals surface area contributed by atoms with Crippen LogP contribution in [0.1, 0.15) is 67.7 Å². The molecule has 0 saturated carbocycles. The first kappa shape index (κ1) is 26.3. The first-order valence-corrected chi connectivity index (χ1v) is 12.8. The van der Waals surface area contributed by atoms with Gasteiger partial charge in [0.05, 0.1) is 41.1 Å². The Morgan fingerprint density at radius 3 is 2.27 bits per heavy atom. The highest BCUT2D eigenvalue weighted by molar-refractivity contribution is 7.07. The van der Waals surface area contributed by atoms with E-state index in [0.717, 1.165) is 5.56 Å². The Kier molecular flexibility index (Phi) is 7.32. The summed E-state index contributed by atoms with van der Waals surface area (Å²) in [7, 11) is 1.32. The molecule has 1 aliphatic rings. The number of allylic oxidation sites excluding steroid dienone is 1. The number of hydrogen-bond acceptors (Lipinski definition) is 7. The molecule has 0 fully saturated rings. The van der Waals surface area contributed by atoms with Crippen LogP contribution < -0.4 is 14.9 Å². The van der Waals surface area contributed by atoms with Crippen molar-refractivity contribution in [3.8, 4) is 0 Å². The molecule has 0 spiro atoms. The molecule has 0 bridgehead atoms. The van der Waals surface area contributed by atoms with Crippen molar-refractivity contribution >= 4 is 29.4 Å². The highest BCUT2D eigenvalue weighted by Crippen LogP contribution is 2.31. The Labute approximate surface area is 219 Å². The SMILES string of the molecule is CCOC(=O)C1=C(C)N=c2sc(=Cc3ccc(C(C)(C)C)cc3)c(=O)n2C1c1ccc(C(=O)OC)cc1. The van der Waals surface area contributed by atoms with Crippen LogP contribution >= 0.6 is 11.3 Å². The lowest BCUT2D eigenvalue weighted by atomic mass is 9.87. The summed E-state index contributed by atoms with van der Waals surface area (Å²) in [4.78, 5) is 43.8. The van der Waals surface area contributed by atoms with Crippen LogP contribution in [0.4, 0.5) is 0 Å². The van der Waals surface area contributed by atoms with Gasteiger partial charge in [-0.05, 0) is 54.2 Å². The van der Waals surface area contributed by atoms with Gasteiger partial charge in [-0.25, -0.2) is 14.6 Å². The zero-order valence-electron chi connectivity index (χ0n) is 21.8. The molecule has 1 aromatic heterocycles. The number of hydrogen-bond donors (Lipinski definition) is 0. The van der Waals surface area contributed by atoms with Crippen LogP contribution in [0.3, 0.4) is 0 Å². The molecule has 192 valence electrons. The molecule has 3 aromatic rings. The highest BCUT2D eigenvalue weighted by atomic mass is 32.1. The molecule has 0 aliphatic carbocycles. The van der Waals surface area contributed by atoms with E-state index in [1.54, 1.807) is 38.1 Å². The molecule has 0 saturated heterocycles. The minimum absolute atomic E-state index is 0.0301. The number of thiazole rings is 1. The zero-order valence-corrected chi connectivity index (χ0v) is 22.6. The molecule has 2 aromatic carbocycles. The van der Waals surface area contributed by atoms with Gasteiger partial charge in [-0.3, -0.25) is 9.36 Å². The summed E-state index contributed by atoms with van der Waals surface area (Å²) in [6.07, 6.45) is 1.84. The smallest absolute Gasteiger partial charge is 0.338 e. The Hall–Kier alpha value is -3.78. The van der Waals surface area contributed by atoms with E-state index in [0.29, 0.717) is 31.7 Å². The lowest BCUT2D eigenvalue weighted by Crippen LogP contribution is -2.40. The van der Waals surface area contributed by atoms with Gasteiger partial charge in [0.1, 0.15) is 0 Å². The maximum Gasteiger partial charge on any atom is 0.338 e. The molecule has 37 heavy (non-hydrogen) atoms. The Balaban J connectivity index is 1.87. The van der Waals surface area contributed by atoms with E-state index in [1.807, 2.05) is 18.2 Å². The van der Waals surface area contributed by atoms with Gasteiger partial charge in [-0.1, -0.05) is 68.5 Å². The number of esters is 2. The van der Waals surface area contributed by atoms with Gasteiger partial charge < -0.3 is 9.47 Å². The quantitative estimate of drug-likeness (QED) is 0.479. The molecule has 0 N–H and O–H groups in total. The van der Waals surface area contributed by atoms with Gasteiger partial charge in [0.2, 0.25) is 0 Å². The molecule has 7 nitrogen and oxygen atoms in total. The van der Waals surface area contributed by atoms with Gasteiger partial charge in [-0.15, -0.1) is 0 Å². The summed E-state index contributed by atoms with van der Waals surface area (Å²) in [5.41, 5.74) is 3.70. The molecular weight excluding hydrogens is 488 g/mol. The van der Waals surface area contributed by atoms with E-state index in [2.05, 4.69) is 37.9 Å². The van der Waals surface area contributed by atoms with Gasteiger partial charge in [0, 0.05) is 0 Å². The molecule has 0 radical (unpaired) electrons. The number of aromatic nitrogens is 1. The van der Waals surface area contributed by atoms with Crippen LogP contribution in [-0.2, 0) is 19.7 Å². The van der Waals surface area contributed by atoms with Crippen molar-refractivity contribution in [2.45, 2.75) is 46.1 Å². The summed E-state index contributed by atoms with van der Waals surface area (Å²) in [5.74, 6) is -0.997. The van der Waals surface area contributed by atoms with E-state index in [1.165, 1.54) is 28.6 Å². The van der Waals surface area contributed by atoms with Crippen molar-refractivity contribution in [1.82, 2.24) is 4.57 Å². The minimum Gasteiger partial charge on any atom is -0.465 e. The fourth-order valence-corrected chi connectivity index (χ4v) is 5.30. The van der Waals surface area contributed by atoms with Crippen molar-refractivity contribution in [3.05, 3.63) is 102 Å². The highest BCUT2D eigenvalue weighted by Gasteiger charge is 2.33. The number of carbonyl (C=O) groups excluding carboxylic acids is 2. The summed E-state index contributed by atoms with van der Waals surface area (Å²) < 4.78 is 12.2. The number of nitrogens with zero attached hydrogens (tertiary/aromatic N) is 2. The topological polar surface area (TPSA) is 87.0 Å². The lowest BCUT2D eigenvalue weighted by molar-refractivity contribution is -0.139. The van der Waals surface area contributed by atoms with Gasteiger partial charge in [-0.2, -0.15) is 0 Å². The predicted octanol–water partition coefficient (Wildman–Crippen LogP) is 3.88. The average Bonchev–Trinajstić information content (AvgIpc) is 3.16. The maximum absolute atomic E-state index is 13.7. The third-order valence-corrected chi connectivity index (χ3v) is 7.22. The molecule has 1 atom stereocenters. The minimum atomic E-state index is -0.743. The Bertz CT molecular complexity index is 1550. The number of fused-ring (bicyclic) bond motifs is 1. The lowest BCUT2D eigenvalue weighted by Gasteiger charge is -2.24. The van der Waals surface area contributed by atoms with Crippen LogP contribution in [0.5, 0.6) is 0 Å². The molecule has 0 amide bonds. The predicted molar refractivity (Wildman–Crippen MR) is 143 cm³/mol. The number of benzene rings is 2. The number of rotatable bonds is 5. The number of methoxy groups -OCH3 is 1. The third kappa shape index (κ3) is 5.20. The molecule has 1 unspecified atom stereocenters. The second-order valence-electron chi connectivity index (χ2n) is 9.79. The second kappa shape index (κ2) is 10.3. The summed E-state index contributed by atoms with van der Waals surface area (Å²) >= 11 is 1.28. The first-order valence-electron chi connectivity index (χ1n) is 12.0. The van der Waals surface area contributed by atoms with Crippen LogP contribution in [0.15, 0.2) is 69.6 Å².